The molecule has 0 saturated carbocycles. The zero-order valence-electron chi connectivity index (χ0n) is 11.6. The third-order valence-electron chi connectivity index (χ3n) is 3.01. The maximum absolute atomic E-state index is 12.0. The molecule has 2 N–H and O–H groups in total. The smallest absolute Gasteiger partial charge is 0.326 e. The fourth-order valence-corrected chi connectivity index (χ4v) is 2.38. The number of amides is 1. The third-order valence-corrected chi connectivity index (χ3v) is 4.30. The number of hydrogen-bond donors (Lipinski definition) is 2. The molecule has 1 aromatic heterocycles. The highest BCUT2D eigenvalue weighted by molar-refractivity contribution is 7.13. The van der Waals surface area contributed by atoms with Crippen molar-refractivity contribution in [2.24, 2.45) is 5.92 Å². The minimum atomic E-state index is -1.00. The SMILES string of the molecule is CCC(C)C(NC(=O)c1cnc(C(C)C)s1)C(=O)O. The molecule has 2 atom stereocenters. The molecule has 0 radical (unpaired) electrons. The molecule has 1 rings (SSSR count). The van der Waals surface area contributed by atoms with Crippen molar-refractivity contribution in [3.8, 4) is 0 Å². The lowest BCUT2D eigenvalue weighted by atomic mass is 9.99. The van der Waals surface area contributed by atoms with Crippen molar-refractivity contribution in [1.29, 1.82) is 0 Å². The summed E-state index contributed by atoms with van der Waals surface area (Å²) in [5, 5.41) is 12.6. The highest BCUT2D eigenvalue weighted by atomic mass is 32.1. The Bertz CT molecular complexity index is 456. The van der Waals surface area contributed by atoms with Crippen molar-refractivity contribution in [2.75, 3.05) is 0 Å². The van der Waals surface area contributed by atoms with Gasteiger partial charge in [-0.25, -0.2) is 9.78 Å². The van der Waals surface area contributed by atoms with Gasteiger partial charge in [-0.3, -0.25) is 4.79 Å². The Morgan fingerprint density at radius 1 is 1.42 bits per heavy atom. The second kappa shape index (κ2) is 6.65. The second-order valence-corrected chi connectivity index (χ2v) is 5.95. The average molecular weight is 284 g/mol. The summed E-state index contributed by atoms with van der Waals surface area (Å²) in [7, 11) is 0. The van der Waals surface area contributed by atoms with Crippen LogP contribution in [-0.2, 0) is 4.79 Å². The normalized spacial score (nSPS) is 14.2. The Morgan fingerprint density at radius 3 is 2.47 bits per heavy atom. The number of carboxylic acids is 1. The molecule has 1 heterocycles. The van der Waals surface area contributed by atoms with Gasteiger partial charge in [-0.1, -0.05) is 34.1 Å². The van der Waals surface area contributed by atoms with Gasteiger partial charge in [-0.2, -0.15) is 0 Å². The summed E-state index contributed by atoms with van der Waals surface area (Å²) in [5.41, 5.74) is 0. The summed E-state index contributed by atoms with van der Waals surface area (Å²) in [6.07, 6.45) is 2.20. The zero-order valence-corrected chi connectivity index (χ0v) is 12.5. The predicted molar refractivity (Wildman–Crippen MR) is 74.5 cm³/mol. The minimum Gasteiger partial charge on any atom is -0.480 e. The third kappa shape index (κ3) is 4.02. The number of aliphatic carboxylic acids is 1. The van der Waals surface area contributed by atoms with Crippen LogP contribution in [0.1, 0.15) is 54.7 Å². The molecule has 6 heteroatoms. The quantitative estimate of drug-likeness (QED) is 0.841. The van der Waals surface area contributed by atoms with Gasteiger partial charge < -0.3 is 10.4 Å². The summed E-state index contributed by atoms with van der Waals surface area (Å²) in [4.78, 5) is 27.8. The number of nitrogens with zero attached hydrogens (tertiary/aromatic N) is 1. The maximum Gasteiger partial charge on any atom is 0.326 e. The number of carboxylic acid groups (broad SMARTS) is 1. The minimum absolute atomic E-state index is 0.112. The van der Waals surface area contributed by atoms with Crippen LogP contribution >= 0.6 is 11.3 Å². The predicted octanol–water partition coefficient (Wildman–Crippen LogP) is 2.50. The number of carbonyl (C=O) groups is 2. The summed E-state index contributed by atoms with van der Waals surface area (Å²) in [6, 6.07) is -0.859. The Morgan fingerprint density at radius 2 is 2.05 bits per heavy atom. The first kappa shape index (κ1) is 15.6. The highest BCUT2D eigenvalue weighted by Crippen LogP contribution is 2.21. The van der Waals surface area contributed by atoms with Crippen LogP contribution in [0.15, 0.2) is 6.20 Å². The first-order valence-corrected chi connectivity index (χ1v) is 7.17. The summed E-state index contributed by atoms with van der Waals surface area (Å²) in [5.74, 6) is -1.22. The largest absolute Gasteiger partial charge is 0.480 e. The first-order chi connectivity index (χ1) is 8.86. The van der Waals surface area contributed by atoms with Gasteiger partial charge in [0.05, 0.1) is 11.2 Å². The molecule has 1 amide bonds. The van der Waals surface area contributed by atoms with Crippen molar-refractivity contribution in [3.05, 3.63) is 16.1 Å². The molecular weight excluding hydrogens is 264 g/mol. The van der Waals surface area contributed by atoms with Crippen LogP contribution in [-0.4, -0.2) is 28.0 Å². The van der Waals surface area contributed by atoms with E-state index in [2.05, 4.69) is 10.3 Å². The van der Waals surface area contributed by atoms with Crippen molar-refractivity contribution in [2.45, 2.75) is 46.1 Å². The van der Waals surface area contributed by atoms with E-state index in [1.165, 1.54) is 17.5 Å². The highest BCUT2D eigenvalue weighted by Gasteiger charge is 2.26. The standard InChI is InChI=1S/C13H20N2O3S/c1-5-8(4)10(13(17)18)15-11(16)9-6-14-12(19-9)7(2)3/h6-8,10H,5H2,1-4H3,(H,15,16)(H,17,18). The topological polar surface area (TPSA) is 79.3 Å². The van der Waals surface area contributed by atoms with Gasteiger partial charge in [0, 0.05) is 5.92 Å². The molecule has 2 unspecified atom stereocenters. The fraction of sp³-hybridized carbons (Fsp3) is 0.615. The first-order valence-electron chi connectivity index (χ1n) is 6.36. The molecule has 0 aliphatic rings. The van der Waals surface area contributed by atoms with Crippen LogP contribution in [0, 0.1) is 5.92 Å². The Hall–Kier alpha value is -1.43. The van der Waals surface area contributed by atoms with Crippen LogP contribution < -0.4 is 5.32 Å². The van der Waals surface area contributed by atoms with Gasteiger partial charge in [0.1, 0.15) is 10.9 Å². The lowest BCUT2D eigenvalue weighted by Crippen LogP contribution is -2.44. The van der Waals surface area contributed by atoms with Gasteiger partial charge in [-0.05, 0) is 5.92 Å². The van der Waals surface area contributed by atoms with E-state index in [9.17, 15) is 9.59 Å². The zero-order chi connectivity index (χ0) is 14.6. The summed E-state index contributed by atoms with van der Waals surface area (Å²) >= 11 is 1.31. The Labute approximate surface area is 117 Å². The van der Waals surface area contributed by atoms with E-state index < -0.39 is 12.0 Å². The molecule has 19 heavy (non-hydrogen) atoms. The van der Waals surface area contributed by atoms with Crippen LogP contribution in [0.25, 0.3) is 0 Å². The summed E-state index contributed by atoms with van der Waals surface area (Å²) in [6.45, 7) is 7.71. The molecule has 0 aromatic carbocycles. The van der Waals surface area contributed by atoms with E-state index in [1.54, 1.807) is 0 Å². The number of aromatic nitrogens is 1. The molecule has 106 valence electrons. The number of carbonyl (C=O) groups excluding carboxylic acids is 1. The van der Waals surface area contributed by atoms with Gasteiger partial charge in [0.2, 0.25) is 0 Å². The van der Waals surface area contributed by atoms with E-state index in [0.29, 0.717) is 11.3 Å². The van der Waals surface area contributed by atoms with Crippen molar-refractivity contribution >= 4 is 23.2 Å². The van der Waals surface area contributed by atoms with Crippen molar-refractivity contribution < 1.29 is 14.7 Å². The number of rotatable bonds is 6. The number of hydrogen-bond acceptors (Lipinski definition) is 4. The van der Waals surface area contributed by atoms with Gasteiger partial charge >= 0.3 is 5.97 Å². The van der Waals surface area contributed by atoms with E-state index >= 15 is 0 Å². The monoisotopic (exact) mass is 284 g/mol. The Balaban J connectivity index is 2.79. The number of thiazole rings is 1. The van der Waals surface area contributed by atoms with Crippen molar-refractivity contribution in [1.82, 2.24) is 10.3 Å². The second-order valence-electron chi connectivity index (χ2n) is 4.89. The number of nitrogens with one attached hydrogen (secondary N) is 1. The van der Waals surface area contributed by atoms with Crippen LogP contribution in [0.4, 0.5) is 0 Å². The van der Waals surface area contributed by atoms with Gasteiger partial charge in [0.25, 0.3) is 5.91 Å². The molecule has 0 aliphatic heterocycles. The van der Waals surface area contributed by atoms with E-state index in [1.807, 2.05) is 27.7 Å². The maximum atomic E-state index is 12.0. The van der Waals surface area contributed by atoms with E-state index in [0.717, 1.165) is 5.01 Å². The lowest BCUT2D eigenvalue weighted by Gasteiger charge is -2.19. The molecule has 0 spiro atoms. The average Bonchev–Trinajstić information content (AvgIpc) is 2.84. The van der Waals surface area contributed by atoms with E-state index in [-0.39, 0.29) is 17.7 Å². The van der Waals surface area contributed by atoms with Crippen molar-refractivity contribution in [3.63, 3.8) is 0 Å². The molecule has 0 fully saturated rings. The van der Waals surface area contributed by atoms with Gasteiger partial charge in [-0.15, -0.1) is 11.3 Å². The molecule has 1 aromatic rings. The van der Waals surface area contributed by atoms with E-state index in [4.69, 9.17) is 5.11 Å². The molecule has 0 saturated heterocycles. The molecule has 0 aliphatic carbocycles. The Kier molecular flexibility index (Phi) is 5.47. The molecular formula is C13H20N2O3S. The van der Waals surface area contributed by atoms with Crippen LogP contribution in [0.3, 0.4) is 0 Å². The molecule has 5 nitrogen and oxygen atoms in total. The lowest BCUT2D eigenvalue weighted by molar-refractivity contribution is -0.140. The van der Waals surface area contributed by atoms with Gasteiger partial charge in [0.15, 0.2) is 0 Å². The fourth-order valence-electron chi connectivity index (χ4n) is 1.55. The van der Waals surface area contributed by atoms with Crippen LogP contribution in [0.5, 0.6) is 0 Å². The molecule has 0 bridgehead atoms. The van der Waals surface area contributed by atoms with Crippen LogP contribution in [0.2, 0.25) is 0 Å². The summed E-state index contributed by atoms with van der Waals surface area (Å²) < 4.78 is 0.